The van der Waals surface area contributed by atoms with E-state index in [1.54, 1.807) is 23.9 Å². The molecule has 0 aliphatic carbocycles. The first kappa shape index (κ1) is 22.1. The Morgan fingerprint density at radius 2 is 1.41 bits per heavy atom. The van der Waals surface area contributed by atoms with Crippen molar-refractivity contribution in [3.63, 3.8) is 0 Å². The molecule has 0 heterocycles. The number of aryl methyl sites for hydroxylation is 2. The minimum absolute atomic E-state index is 0.337. The molecule has 0 saturated carbocycles. The molecule has 0 spiro atoms. The van der Waals surface area contributed by atoms with Crippen LogP contribution >= 0.6 is 11.8 Å². The fourth-order valence-electron chi connectivity index (χ4n) is 4.28. The molecule has 0 amide bonds. The highest BCUT2D eigenvalue weighted by Crippen LogP contribution is 2.41. The summed E-state index contributed by atoms with van der Waals surface area (Å²) in [5, 5.41) is 12.3. The number of rotatable bonds is 6. The van der Waals surface area contributed by atoms with Crippen LogP contribution in [0.4, 0.5) is 0 Å². The van der Waals surface area contributed by atoms with Gasteiger partial charge in [-0.3, -0.25) is 4.79 Å². The predicted molar refractivity (Wildman–Crippen MR) is 133 cm³/mol. The fourth-order valence-corrected chi connectivity index (χ4v) is 4.69. The van der Waals surface area contributed by atoms with Crippen molar-refractivity contribution >= 4 is 17.5 Å². The number of carbonyl (C=O) groups excluding carboxylic acids is 1. The molecule has 0 bridgehead atoms. The first-order valence-electron chi connectivity index (χ1n) is 10.6. The molecule has 4 rings (SSSR count). The molecule has 4 aromatic carbocycles. The Morgan fingerprint density at radius 1 is 0.812 bits per heavy atom. The Bertz CT molecular complexity index is 1230. The summed E-state index contributed by atoms with van der Waals surface area (Å²) >= 11 is 1.68. The van der Waals surface area contributed by atoms with Crippen LogP contribution in [0.3, 0.4) is 0 Å². The molecule has 4 aromatic rings. The Balaban J connectivity index is 2.03. The van der Waals surface area contributed by atoms with Gasteiger partial charge in [-0.1, -0.05) is 90.5 Å². The second-order valence-corrected chi connectivity index (χ2v) is 8.88. The lowest BCUT2D eigenvalue weighted by Crippen LogP contribution is -2.38. The van der Waals surface area contributed by atoms with Gasteiger partial charge in [-0.2, -0.15) is 0 Å². The molecule has 3 heteroatoms. The maximum Gasteiger partial charge on any atom is 0.203 e. The van der Waals surface area contributed by atoms with E-state index < -0.39 is 5.60 Å². The van der Waals surface area contributed by atoms with Gasteiger partial charge in [0.25, 0.3) is 0 Å². The van der Waals surface area contributed by atoms with Crippen molar-refractivity contribution in [1.29, 1.82) is 0 Å². The zero-order valence-corrected chi connectivity index (χ0v) is 19.3. The number of benzene rings is 4. The molecular weight excluding hydrogens is 412 g/mol. The Morgan fingerprint density at radius 3 is 2.00 bits per heavy atom. The van der Waals surface area contributed by atoms with E-state index in [9.17, 15) is 9.90 Å². The first-order chi connectivity index (χ1) is 15.4. The van der Waals surface area contributed by atoms with Crippen molar-refractivity contribution in [2.45, 2.75) is 24.3 Å². The van der Waals surface area contributed by atoms with E-state index in [0.29, 0.717) is 16.7 Å². The maximum atomic E-state index is 13.9. The van der Waals surface area contributed by atoms with Crippen molar-refractivity contribution in [3.05, 3.63) is 125 Å². The second-order valence-electron chi connectivity index (χ2n) is 8.00. The molecule has 2 nitrogen and oxygen atoms in total. The van der Waals surface area contributed by atoms with Gasteiger partial charge in [-0.05, 0) is 54.5 Å². The molecule has 0 aromatic heterocycles. The highest BCUT2D eigenvalue weighted by molar-refractivity contribution is 7.98. The van der Waals surface area contributed by atoms with Crippen molar-refractivity contribution < 1.29 is 9.90 Å². The Hall–Kier alpha value is -3.14. The number of Topliss-reactive ketones (excluding diaryl/α,β-unsaturated/α-hetero) is 1. The SMILES string of the molecule is CSc1ccc(-c2c(C)cc(C)cc2C(O)(C(=O)c2ccccc2)c2ccccc2)cc1. The smallest absolute Gasteiger partial charge is 0.203 e. The lowest BCUT2D eigenvalue weighted by atomic mass is 9.75. The van der Waals surface area contributed by atoms with Crippen LogP contribution in [0.1, 0.15) is 32.6 Å². The van der Waals surface area contributed by atoms with Gasteiger partial charge >= 0.3 is 0 Å². The molecule has 1 N–H and O–H groups in total. The average molecular weight is 439 g/mol. The minimum Gasteiger partial charge on any atom is -0.373 e. The topological polar surface area (TPSA) is 37.3 Å². The standard InChI is InChI=1S/C29H26O2S/c1-20-18-21(2)27(22-14-16-25(32-3)17-15-22)26(19-20)29(31,24-12-8-5-9-13-24)28(30)23-10-6-4-7-11-23/h4-19,31H,1-3H3. The summed E-state index contributed by atoms with van der Waals surface area (Å²) in [5.74, 6) is -0.337. The van der Waals surface area contributed by atoms with Gasteiger partial charge in [0.15, 0.2) is 5.60 Å². The van der Waals surface area contributed by atoms with Crippen molar-refractivity contribution in [2.24, 2.45) is 0 Å². The number of aliphatic hydroxyl groups is 1. The molecule has 0 radical (unpaired) electrons. The minimum atomic E-state index is -1.83. The van der Waals surface area contributed by atoms with E-state index in [-0.39, 0.29) is 5.78 Å². The van der Waals surface area contributed by atoms with Crippen molar-refractivity contribution in [3.8, 4) is 11.1 Å². The van der Waals surface area contributed by atoms with Gasteiger partial charge in [0.2, 0.25) is 5.78 Å². The van der Waals surface area contributed by atoms with E-state index in [0.717, 1.165) is 22.3 Å². The summed E-state index contributed by atoms with van der Waals surface area (Å²) in [7, 11) is 0. The number of thioether (sulfide) groups is 1. The van der Waals surface area contributed by atoms with E-state index in [1.807, 2.05) is 74.7 Å². The quantitative estimate of drug-likeness (QED) is 0.265. The number of carbonyl (C=O) groups is 1. The zero-order chi connectivity index (χ0) is 22.7. The predicted octanol–water partition coefficient (Wildman–Crippen LogP) is 6.81. The normalized spacial score (nSPS) is 12.9. The highest BCUT2D eigenvalue weighted by Gasteiger charge is 2.42. The highest BCUT2D eigenvalue weighted by atomic mass is 32.2. The van der Waals surface area contributed by atoms with Gasteiger partial charge in [0, 0.05) is 16.0 Å². The van der Waals surface area contributed by atoms with Crippen LogP contribution in [0, 0.1) is 13.8 Å². The van der Waals surface area contributed by atoms with Gasteiger partial charge in [-0.25, -0.2) is 0 Å². The summed E-state index contributed by atoms with van der Waals surface area (Å²) in [5.41, 5.74) is 3.69. The molecule has 0 aliphatic rings. The Labute approximate surface area is 194 Å². The van der Waals surface area contributed by atoms with E-state index in [4.69, 9.17) is 0 Å². The maximum absolute atomic E-state index is 13.9. The average Bonchev–Trinajstić information content (AvgIpc) is 2.84. The molecular formula is C29H26O2S. The van der Waals surface area contributed by atoms with E-state index in [2.05, 4.69) is 30.3 Å². The first-order valence-corrected chi connectivity index (χ1v) is 11.8. The van der Waals surface area contributed by atoms with Crippen LogP contribution in [0.2, 0.25) is 0 Å². The van der Waals surface area contributed by atoms with Crippen LogP contribution in [0.15, 0.2) is 102 Å². The Kier molecular flexibility index (Phi) is 6.31. The summed E-state index contributed by atoms with van der Waals surface area (Å²) in [6, 6.07) is 30.6. The zero-order valence-electron chi connectivity index (χ0n) is 18.5. The molecule has 0 aliphatic heterocycles. The largest absolute Gasteiger partial charge is 0.373 e. The van der Waals surface area contributed by atoms with Crippen molar-refractivity contribution in [1.82, 2.24) is 0 Å². The van der Waals surface area contributed by atoms with E-state index >= 15 is 0 Å². The molecule has 1 unspecified atom stereocenters. The molecule has 32 heavy (non-hydrogen) atoms. The molecule has 160 valence electrons. The monoisotopic (exact) mass is 438 g/mol. The second kappa shape index (κ2) is 9.15. The summed E-state index contributed by atoms with van der Waals surface area (Å²) < 4.78 is 0. The van der Waals surface area contributed by atoms with Crippen molar-refractivity contribution in [2.75, 3.05) is 6.26 Å². The third-order valence-corrected chi connectivity index (χ3v) is 6.55. The summed E-state index contributed by atoms with van der Waals surface area (Å²) in [6.07, 6.45) is 2.05. The number of ketones is 1. The lowest BCUT2D eigenvalue weighted by Gasteiger charge is -2.31. The van der Waals surface area contributed by atoms with Crippen LogP contribution in [0.5, 0.6) is 0 Å². The fraction of sp³-hybridized carbons (Fsp3) is 0.138. The van der Waals surface area contributed by atoms with Crippen LogP contribution in [0.25, 0.3) is 11.1 Å². The van der Waals surface area contributed by atoms with Crippen LogP contribution in [-0.2, 0) is 5.60 Å². The van der Waals surface area contributed by atoms with Crippen LogP contribution in [-0.4, -0.2) is 17.1 Å². The third kappa shape index (κ3) is 4.02. The van der Waals surface area contributed by atoms with Gasteiger partial charge in [0.1, 0.15) is 0 Å². The number of hydrogen-bond donors (Lipinski definition) is 1. The van der Waals surface area contributed by atoms with Gasteiger partial charge < -0.3 is 5.11 Å². The van der Waals surface area contributed by atoms with Gasteiger partial charge in [0.05, 0.1) is 0 Å². The molecule has 0 fully saturated rings. The van der Waals surface area contributed by atoms with Crippen LogP contribution < -0.4 is 0 Å². The molecule has 0 saturated heterocycles. The summed E-state index contributed by atoms with van der Waals surface area (Å²) in [4.78, 5) is 15.1. The van der Waals surface area contributed by atoms with Gasteiger partial charge in [-0.15, -0.1) is 11.8 Å². The number of hydrogen-bond acceptors (Lipinski definition) is 3. The molecule has 1 atom stereocenters. The third-order valence-electron chi connectivity index (χ3n) is 5.80. The summed E-state index contributed by atoms with van der Waals surface area (Å²) in [6.45, 7) is 4.03. The lowest BCUT2D eigenvalue weighted by molar-refractivity contribution is 0.0489. The van der Waals surface area contributed by atoms with E-state index in [1.165, 1.54) is 4.90 Å².